The second-order valence-electron chi connectivity index (χ2n) is 7.93. The Hall–Kier alpha value is -2.08. The lowest BCUT2D eigenvalue weighted by Crippen LogP contribution is -2.48. The molecule has 6 nitrogen and oxygen atoms in total. The Morgan fingerprint density at radius 2 is 1.96 bits per heavy atom. The third kappa shape index (κ3) is 3.81. The molecule has 146 valence electrons. The summed E-state index contributed by atoms with van der Waals surface area (Å²) in [6.45, 7) is 6.73. The topological polar surface area (TPSA) is 54.4 Å². The molecule has 1 aromatic rings. The molecule has 0 spiro atoms. The van der Waals surface area contributed by atoms with Crippen molar-refractivity contribution in [2.75, 3.05) is 31.2 Å². The van der Waals surface area contributed by atoms with Crippen LogP contribution in [0.5, 0.6) is 5.75 Å². The number of amides is 1. The van der Waals surface area contributed by atoms with Crippen molar-refractivity contribution in [1.82, 2.24) is 4.90 Å². The highest BCUT2D eigenvalue weighted by Gasteiger charge is 2.40. The van der Waals surface area contributed by atoms with E-state index in [0.29, 0.717) is 24.6 Å². The number of carbonyl (C=O) groups is 1. The predicted octanol–water partition coefficient (Wildman–Crippen LogP) is 3.07. The number of nitrogens with zero attached hydrogens (tertiary/aromatic N) is 3. The molecule has 1 amide bonds. The summed E-state index contributed by atoms with van der Waals surface area (Å²) in [5.41, 5.74) is 2.11. The average Bonchev–Trinajstić information content (AvgIpc) is 2.90. The molecule has 0 saturated carbocycles. The van der Waals surface area contributed by atoms with E-state index in [1.54, 1.807) is 0 Å². The summed E-state index contributed by atoms with van der Waals surface area (Å²) in [5, 5.41) is 4.31. The summed E-state index contributed by atoms with van der Waals surface area (Å²) in [7, 11) is 0. The predicted molar refractivity (Wildman–Crippen MR) is 105 cm³/mol. The van der Waals surface area contributed by atoms with Crippen LogP contribution in [0.4, 0.5) is 5.69 Å². The third-order valence-corrected chi connectivity index (χ3v) is 5.86. The zero-order valence-corrected chi connectivity index (χ0v) is 16.3. The van der Waals surface area contributed by atoms with Crippen LogP contribution in [0.3, 0.4) is 0 Å². The Labute approximate surface area is 161 Å². The van der Waals surface area contributed by atoms with E-state index in [-0.39, 0.29) is 12.5 Å². The summed E-state index contributed by atoms with van der Waals surface area (Å²) in [6.07, 6.45) is 4.51. The van der Waals surface area contributed by atoms with Crippen LogP contribution in [0.25, 0.3) is 0 Å². The Morgan fingerprint density at radius 3 is 2.70 bits per heavy atom. The molecule has 27 heavy (non-hydrogen) atoms. The standard InChI is InChI=1S/C21H29N3O3/c1-3-27-22-16-10-17-8-9-18(11-16)23(17)12-15(2)13-24-19-6-4-5-7-20(19)26-14-21(24)25/h4-7,15,17-18H,3,8-14H2,1-2H3. The molecule has 2 saturated heterocycles. The van der Waals surface area contributed by atoms with Gasteiger partial charge in [0.25, 0.3) is 5.91 Å². The summed E-state index contributed by atoms with van der Waals surface area (Å²) in [5.74, 6) is 1.25. The van der Waals surface area contributed by atoms with Crippen LogP contribution in [0.2, 0.25) is 0 Å². The van der Waals surface area contributed by atoms with Gasteiger partial charge in [0.1, 0.15) is 12.4 Å². The number of rotatable bonds is 6. The number of oxime groups is 1. The lowest BCUT2D eigenvalue weighted by molar-refractivity contribution is -0.121. The Kier molecular flexibility index (Phi) is 5.34. The van der Waals surface area contributed by atoms with Gasteiger partial charge in [0, 0.05) is 38.0 Å². The van der Waals surface area contributed by atoms with Crippen LogP contribution in [0, 0.1) is 5.92 Å². The fourth-order valence-electron chi connectivity index (χ4n) is 4.69. The van der Waals surface area contributed by atoms with Crippen molar-refractivity contribution in [2.45, 2.75) is 51.6 Å². The second-order valence-corrected chi connectivity index (χ2v) is 7.93. The number of hydrogen-bond acceptors (Lipinski definition) is 5. The molecule has 3 unspecified atom stereocenters. The number of carbonyl (C=O) groups excluding carboxylic acids is 1. The number of fused-ring (bicyclic) bond motifs is 3. The number of hydrogen-bond donors (Lipinski definition) is 0. The highest BCUT2D eigenvalue weighted by molar-refractivity contribution is 5.97. The van der Waals surface area contributed by atoms with Gasteiger partial charge in [0.2, 0.25) is 0 Å². The molecule has 1 aromatic carbocycles. The minimum absolute atomic E-state index is 0.0494. The number of ether oxygens (including phenoxy) is 1. The van der Waals surface area contributed by atoms with Gasteiger partial charge in [0.15, 0.2) is 6.61 Å². The van der Waals surface area contributed by atoms with Gasteiger partial charge in [0.05, 0.1) is 11.4 Å². The summed E-state index contributed by atoms with van der Waals surface area (Å²) in [4.78, 5) is 22.2. The molecule has 3 aliphatic heterocycles. The minimum atomic E-state index is 0.0494. The van der Waals surface area contributed by atoms with Crippen LogP contribution in [0.1, 0.15) is 39.5 Å². The Balaban J connectivity index is 1.39. The van der Waals surface area contributed by atoms with Gasteiger partial charge >= 0.3 is 0 Å². The quantitative estimate of drug-likeness (QED) is 0.721. The third-order valence-electron chi connectivity index (χ3n) is 5.86. The molecule has 3 atom stereocenters. The van der Waals surface area contributed by atoms with Crippen LogP contribution < -0.4 is 9.64 Å². The van der Waals surface area contributed by atoms with Gasteiger partial charge in [-0.3, -0.25) is 9.69 Å². The van der Waals surface area contributed by atoms with Crippen molar-refractivity contribution in [1.29, 1.82) is 0 Å². The van der Waals surface area contributed by atoms with E-state index in [2.05, 4.69) is 17.0 Å². The molecule has 3 aliphatic rings. The molecular formula is C21H29N3O3. The van der Waals surface area contributed by atoms with E-state index in [1.807, 2.05) is 36.1 Å². The largest absolute Gasteiger partial charge is 0.482 e. The van der Waals surface area contributed by atoms with Crippen molar-refractivity contribution in [3.63, 3.8) is 0 Å². The highest BCUT2D eigenvalue weighted by Crippen LogP contribution is 2.36. The van der Waals surface area contributed by atoms with Gasteiger partial charge in [-0.25, -0.2) is 0 Å². The van der Waals surface area contributed by atoms with Crippen molar-refractivity contribution in [2.24, 2.45) is 11.1 Å². The minimum Gasteiger partial charge on any atom is -0.482 e. The number of benzene rings is 1. The molecule has 0 aliphatic carbocycles. The fraction of sp³-hybridized carbons (Fsp3) is 0.619. The molecule has 3 heterocycles. The van der Waals surface area contributed by atoms with Crippen LogP contribution >= 0.6 is 0 Å². The highest BCUT2D eigenvalue weighted by atomic mass is 16.6. The summed E-state index contributed by atoms with van der Waals surface area (Å²) in [6, 6.07) is 8.95. The first-order chi connectivity index (χ1) is 13.2. The van der Waals surface area contributed by atoms with Crippen molar-refractivity contribution in [3.05, 3.63) is 24.3 Å². The maximum absolute atomic E-state index is 12.4. The monoisotopic (exact) mass is 371 g/mol. The zero-order valence-electron chi connectivity index (χ0n) is 16.3. The number of anilines is 1. The number of para-hydroxylation sites is 2. The lowest BCUT2D eigenvalue weighted by atomic mass is 9.98. The molecule has 0 aromatic heterocycles. The van der Waals surface area contributed by atoms with E-state index in [1.165, 1.54) is 18.6 Å². The Morgan fingerprint density at radius 1 is 1.22 bits per heavy atom. The van der Waals surface area contributed by atoms with E-state index in [9.17, 15) is 4.79 Å². The molecule has 4 rings (SSSR count). The van der Waals surface area contributed by atoms with E-state index >= 15 is 0 Å². The molecule has 0 radical (unpaired) electrons. The lowest BCUT2D eigenvalue weighted by Gasteiger charge is -2.38. The van der Waals surface area contributed by atoms with Crippen molar-refractivity contribution in [3.8, 4) is 5.75 Å². The average molecular weight is 371 g/mol. The first kappa shape index (κ1) is 18.3. The van der Waals surface area contributed by atoms with Gasteiger partial charge in [-0.2, -0.15) is 0 Å². The van der Waals surface area contributed by atoms with Gasteiger partial charge in [-0.05, 0) is 37.8 Å². The van der Waals surface area contributed by atoms with Crippen molar-refractivity contribution < 1.29 is 14.4 Å². The normalized spacial score (nSPS) is 25.8. The van der Waals surface area contributed by atoms with Crippen molar-refractivity contribution >= 4 is 17.3 Å². The first-order valence-electron chi connectivity index (χ1n) is 10.1. The maximum atomic E-state index is 12.4. The molecule has 6 heteroatoms. The van der Waals surface area contributed by atoms with Crippen LogP contribution in [0.15, 0.2) is 29.4 Å². The molecule has 2 bridgehead atoms. The smallest absolute Gasteiger partial charge is 0.265 e. The molecule has 2 fully saturated rings. The first-order valence-corrected chi connectivity index (χ1v) is 10.1. The molecular weight excluding hydrogens is 342 g/mol. The second kappa shape index (κ2) is 7.89. The molecule has 0 N–H and O–H groups in total. The Bertz CT molecular complexity index is 704. The van der Waals surface area contributed by atoms with Gasteiger partial charge < -0.3 is 14.5 Å². The zero-order chi connectivity index (χ0) is 18.8. The summed E-state index contributed by atoms with van der Waals surface area (Å²) >= 11 is 0. The summed E-state index contributed by atoms with van der Waals surface area (Å²) < 4.78 is 5.56. The fourth-order valence-corrected chi connectivity index (χ4v) is 4.69. The van der Waals surface area contributed by atoms with Crippen LogP contribution in [-0.4, -0.2) is 54.9 Å². The van der Waals surface area contributed by atoms with Gasteiger partial charge in [-0.15, -0.1) is 0 Å². The van der Waals surface area contributed by atoms with Crippen LogP contribution in [-0.2, 0) is 9.63 Å². The maximum Gasteiger partial charge on any atom is 0.265 e. The van der Waals surface area contributed by atoms with E-state index < -0.39 is 0 Å². The SMILES string of the molecule is CCON=C1CC2CCC(C1)N2CC(C)CN1C(=O)COc2ccccc21. The number of piperidine rings is 1. The van der Waals surface area contributed by atoms with E-state index in [4.69, 9.17) is 9.57 Å². The van der Waals surface area contributed by atoms with Gasteiger partial charge in [-0.1, -0.05) is 24.2 Å². The van der Waals surface area contributed by atoms with E-state index in [0.717, 1.165) is 37.4 Å².